The number of H-pyrrole nitrogens is 1. The van der Waals surface area contributed by atoms with Crippen molar-refractivity contribution in [1.82, 2.24) is 14.8 Å². The number of hydrogen-bond donors (Lipinski definition) is 3. The molecule has 0 aliphatic rings. The minimum Gasteiger partial charge on any atom is -0.506 e. The molecule has 0 bridgehead atoms. The van der Waals surface area contributed by atoms with Gasteiger partial charge in [0.15, 0.2) is 0 Å². The minimum absolute atomic E-state index is 0.194. The molecule has 1 amide bonds. The fourth-order valence-electron chi connectivity index (χ4n) is 3.11. The highest BCUT2D eigenvalue weighted by atomic mass is 19.1. The van der Waals surface area contributed by atoms with E-state index in [9.17, 15) is 19.1 Å². The van der Waals surface area contributed by atoms with Gasteiger partial charge in [-0.2, -0.15) is 5.10 Å². The van der Waals surface area contributed by atoms with Gasteiger partial charge in [-0.05, 0) is 55.3 Å². The van der Waals surface area contributed by atoms with Crippen LogP contribution in [-0.2, 0) is 0 Å². The van der Waals surface area contributed by atoms with Crippen LogP contribution in [0.1, 0.15) is 21.5 Å². The molecule has 0 fully saturated rings. The highest BCUT2D eigenvalue weighted by Crippen LogP contribution is 2.27. The number of fused-ring (bicyclic) bond motifs is 1. The summed E-state index contributed by atoms with van der Waals surface area (Å²) in [6.45, 7) is 3.76. The van der Waals surface area contributed by atoms with Crippen molar-refractivity contribution >= 4 is 22.6 Å². The van der Waals surface area contributed by atoms with Crippen molar-refractivity contribution in [2.75, 3.05) is 5.32 Å². The predicted octanol–water partition coefficient (Wildman–Crippen LogP) is 3.43. The summed E-state index contributed by atoms with van der Waals surface area (Å²) in [7, 11) is 0. The molecule has 7 nitrogen and oxygen atoms in total. The number of aromatic nitrogens is 3. The van der Waals surface area contributed by atoms with E-state index in [4.69, 9.17) is 0 Å². The van der Waals surface area contributed by atoms with Gasteiger partial charge in [0, 0.05) is 5.69 Å². The lowest BCUT2D eigenvalue weighted by molar-refractivity contribution is 0.102. The maximum absolute atomic E-state index is 13.2. The van der Waals surface area contributed by atoms with Crippen LogP contribution in [-0.4, -0.2) is 25.8 Å². The Morgan fingerprint density at radius 2 is 1.90 bits per heavy atom. The Hall–Kier alpha value is -3.94. The highest BCUT2D eigenvalue weighted by molar-refractivity contribution is 6.09. The van der Waals surface area contributed by atoms with Gasteiger partial charge in [0.25, 0.3) is 11.5 Å². The Labute approximate surface area is 164 Å². The van der Waals surface area contributed by atoms with Gasteiger partial charge in [-0.1, -0.05) is 12.1 Å². The third-order valence-corrected chi connectivity index (χ3v) is 4.87. The van der Waals surface area contributed by atoms with Crippen LogP contribution in [0.3, 0.4) is 0 Å². The molecule has 0 unspecified atom stereocenters. The minimum atomic E-state index is -0.762. The number of aryl methyl sites for hydroxylation is 1. The number of amides is 1. The quantitative estimate of drug-likeness (QED) is 0.497. The average molecular weight is 392 g/mol. The molecule has 0 atom stereocenters. The molecule has 8 heteroatoms. The zero-order chi connectivity index (χ0) is 20.7. The Balaban J connectivity index is 1.78. The maximum Gasteiger partial charge on any atom is 0.266 e. The van der Waals surface area contributed by atoms with Crippen LogP contribution in [0.15, 0.2) is 53.5 Å². The van der Waals surface area contributed by atoms with Gasteiger partial charge in [0.2, 0.25) is 0 Å². The largest absolute Gasteiger partial charge is 0.506 e. The van der Waals surface area contributed by atoms with Gasteiger partial charge in [-0.3, -0.25) is 9.59 Å². The van der Waals surface area contributed by atoms with Gasteiger partial charge in [0.05, 0.1) is 17.3 Å². The number of carbonyl (C=O) groups excluding carboxylic acids is 1. The summed E-state index contributed by atoms with van der Waals surface area (Å²) < 4.78 is 14.5. The number of aromatic hydroxyl groups is 1. The maximum atomic E-state index is 13.2. The first-order valence-corrected chi connectivity index (χ1v) is 8.83. The monoisotopic (exact) mass is 392 g/mol. The molecule has 3 N–H and O–H groups in total. The lowest BCUT2D eigenvalue weighted by Crippen LogP contribution is -2.24. The van der Waals surface area contributed by atoms with Gasteiger partial charge >= 0.3 is 0 Å². The van der Waals surface area contributed by atoms with Crippen LogP contribution in [0.2, 0.25) is 0 Å². The van der Waals surface area contributed by atoms with Gasteiger partial charge in [0.1, 0.15) is 22.8 Å². The number of hydrogen-bond acceptors (Lipinski definition) is 4. The summed E-state index contributed by atoms with van der Waals surface area (Å²) in [5.41, 5.74) is 1.92. The fourth-order valence-corrected chi connectivity index (χ4v) is 3.11. The van der Waals surface area contributed by atoms with Crippen LogP contribution in [0.5, 0.6) is 5.75 Å². The molecule has 2 aromatic heterocycles. The molecule has 0 saturated heterocycles. The van der Waals surface area contributed by atoms with E-state index in [1.54, 1.807) is 12.1 Å². The lowest BCUT2D eigenvalue weighted by atomic mass is 10.1. The summed E-state index contributed by atoms with van der Waals surface area (Å²) in [6.07, 6.45) is 1.33. The second-order valence-corrected chi connectivity index (χ2v) is 6.67. The number of rotatable bonds is 3. The average Bonchev–Trinajstić information content (AvgIpc) is 3.10. The summed E-state index contributed by atoms with van der Waals surface area (Å²) in [5.74, 6) is -1.61. The number of anilines is 1. The van der Waals surface area contributed by atoms with E-state index in [1.807, 2.05) is 19.9 Å². The molecule has 2 heterocycles. The molecule has 0 radical (unpaired) electrons. The van der Waals surface area contributed by atoms with E-state index < -0.39 is 28.6 Å². The SMILES string of the molecule is Cc1cccc(NC(=O)c2c(O)c3cnn(-c4ccc(F)cc4)c3[nH]c2=O)c1C. The van der Waals surface area contributed by atoms with Gasteiger partial charge in [-0.25, -0.2) is 9.07 Å². The molecule has 146 valence electrons. The van der Waals surface area contributed by atoms with Crippen LogP contribution < -0.4 is 10.9 Å². The van der Waals surface area contributed by atoms with Crippen molar-refractivity contribution in [3.05, 3.63) is 81.5 Å². The van der Waals surface area contributed by atoms with E-state index in [1.165, 1.54) is 35.1 Å². The number of halogens is 1. The number of aromatic amines is 1. The predicted molar refractivity (Wildman–Crippen MR) is 107 cm³/mol. The summed E-state index contributed by atoms with van der Waals surface area (Å²) in [4.78, 5) is 27.9. The summed E-state index contributed by atoms with van der Waals surface area (Å²) in [5, 5.41) is 17.6. The van der Waals surface area contributed by atoms with Crippen LogP contribution >= 0.6 is 0 Å². The Kier molecular flexibility index (Phi) is 4.38. The first-order chi connectivity index (χ1) is 13.9. The lowest BCUT2D eigenvalue weighted by Gasteiger charge is -2.11. The Morgan fingerprint density at radius 1 is 1.17 bits per heavy atom. The topological polar surface area (TPSA) is 100 Å². The second kappa shape index (κ2) is 6.90. The second-order valence-electron chi connectivity index (χ2n) is 6.67. The molecule has 0 aliphatic heterocycles. The van der Waals surface area contributed by atoms with E-state index >= 15 is 0 Å². The standard InChI is InChI=1S/C21H17FN4O3/c1-11-4-3-5-16(12(11)2)24-20(28)17-18(27)15-10-23-26(19(15)25-21(17)29)14-8-6-13(22)7-9-14/h3-10H,1-2H3,(H,24,28)(H2,25,27,29). The highest BCUT2D eigenvalue weighted by Gasteiger charge is 2.22. The smallest absolute Gasteiger partial charge is 0.266 e. The number of pyridine rings is 1. The van der Waals surface area contributed by atoms with E-state index in [-0.39, 0.29) is 11.0 Å². The zero-order valence-corrected chi connectivity index (χ0v) is 15.7. The molecule has 0 aliphatic carbocycles. The number of carbonyl (C=O) groups is 1. The van der Waals surface area contributed by atoms with Crippen molar-refractivity contribution in [2.45, 2.75) is 13.8 Å². The third-order valence-electron chi connectivity index (χ3n) is 4.87. The Bertz CT molecular complexity index is 1310. The van der Waals surface area contributed by atoms with Crippen LogP contribution in [0.25, 0.3) is 16.7 Å². The summed E-state index contributed by atoms with van der Waals surface area (Å²) in [6, 6.07) is 10.9. The van der Waals surface area contributed by atoms with Crippen LogP contribution in [0, 0.1) is 19.7 Å². The molecule has 0 spiro atoms. The first kappa shape index (κ1) is 18.4. The third kappa shape index (κ3) is 3.14. The zero-order valence-electron chi connectivity index (χ0n) is 15.7. The number of benzene rings is 2. The summed E-state index contributed by atoms with van der Waals surface area (Å²) >= 11 is 0. The van der Waals surface area contributed by atoms with Crippen LogP contribution in [0.4, 0.5) is 10.1 Å². The van der Waals surface area contributed by atoms with Crippen molar-refractivity contribution in [1.29, 1.82) is 0 Å². The molecule has 2 aromatic carbocycles. The van der Waals surface area contributed by atoms with Crippen molar-refractivity contribution in [3.63, 3.8) is 0 Å². The van der Waals surface area contributed by atoms with Gasteiger partial charge in [-0.15, -0.1) is 0 Å². The van der Waals surface area contributed by atoms with Crippen molar-refractivity contribution in [2.24, 2.45) is 0 Å². The number of nitrogens with zero attached hydrogens (tertiary/aromatic N) is 2. The van der Waals surface area contributed by atoms with Gasteiger partial charge < -0.3 is 15.4 Å². The van der Waals surface area contributed by atoms with Crippen molar-refractivity contribution < 1.29 is 14.3 Å². The molecular formula is C21H17FN4O3. The molecule has 0 saturated carbocycles. The van der Waals surface area contributed by atoms with E-state index in [0.29, 0.717) is 11.4 Å². The van der Waals surface area contributed by atoms with Crippen molar-refractivity contribution in [3.8, 4) is 11.4 Å². The number of nitrogens with one attached hydrogen (secondary N) is 2. The molecular weight excluding hydrogens is 375 g/mol. The molecule has 4 aromatic rings. The Morgan fingerprint density at radius 3 is 2.62 bits per heavy atom. The fraction of sp³-hybridized carbons (Fsp3) is 0.0952. The van der Waals surface area contributed by atoms with E-state index in [0.717, 1.165) is 11.1 Å². The first-order valence-electron chi connectivity index (χ1n) is 8.83. The normalized spacial score (nSPS) is 11.0. The van der Waals surface area contributed by atoms with E-state index in [2.05, 4.69) is 15.4 Å². The molecule has 29 heavy (non-hydrogen) atoms. The molecule has 4 rings (SSSR count).